The summed E-state index contributed by atoms with van der Waals surface area (Å²) < 4.78 is 0. The van der Waals surface area contributed by atoms with Gasteiger partial charge in [0.25, 0.3) is 5.91 Å². The van der Waals surface area contributed by atoms with Gasteiger partial charge in [-0.1, -0.05) is 29.3 Å². The molecule has 4 nitrogen and oxygen atoms in total. The van der Waals surface area contributed by atoms with Gasteiger partial charge < -0.3 is 9.88 Å². The minimum absolute atomic E-state index is 0.168. The number of carbonyl (C=O) groups is 1. The molecular formula is C19H22N2O2. The molecule has 1 aliphatic rings. The Balaban J connectivity index is 1.79. The van der Waals surface area contributed by atoms with E-state index < -0.39 is 0 Å². The highest BCUT2D eigenvalue weighted by Crippen LogP contribution is 2.29. The zero-order valence-corrected chi connectivity index (χ0v) is 13.8. The number of amides is 1. The topological polar surface area (TPSA) is 53.2 Å². The average molecular weight is 310 g/mol. The standard InChI is InChI=1S/C19H22N2O2/c1-12-6-13(2)8-16(7-12)15-4-5-21(11-15)19(23)17-10-20-14(3)9-18(17)22/h6-10,15H,4-5,11H2,1-3H3,(H,20,22). The zero-order chi connectivity index (χ0) is 16.6. The minimum atomic E-state index is -0.207. The number of carbonyl (C=O) groups excluding carboxylic acids is 1. The second kappa shape index (κ2) is 6.03. The first kappa shape index (κ1) is 15.5. The van der Waals surface area contributed by atoms with Gasteiger partial charge in [-0.05, 0) is 32.8 Å². The third-order valence-electron chi connectivity index (χ3n) is 4.48. The number of aromatic nitrogens is 1. The van der Waals surface area contributed by atoms with E-state index in [0.29, 0.717) is 19.0 Å². The maximum Gasteiger partial charge on any atom is 0.259 e. The largest absolute Gasteiger partial charge is 0.364 e. The summed E-state index contributed by atoms with van der Waals surface area (Å²) >= 11 is 0. The van der Waals surface area contributed by atoms with Crippen molar-refractivity contribution in [3.05, 3.63) is 68.6 Å². The van der Waals surface area contributed by atoms with E-state index in [4.69, 9.17) is 0 Å². The van der Waals surface area contributed by atoms with Gasteiger partial charge in [0.15, 0.2) is 5.43 Å². The quantitative estimate of drug-likeness (QED) is 0.927. The van der Waals surface area contributed by atoms with Crippen LogP contribution >= 0.6 is 0 Å². The zero-order valence-electron chi connectivity index (χ0n) is 13.8. The number of hydrogen-bond acceptors (Lipinski definition) is 2. The van der Waals surface area contributed by atoms with Crippen molar-refractivity contribution < 1.29 is 4.79 Å². The molecule has 120 valence electrons. The molecule has 23 heavy (non-hydrogen) atoms. The average Bonchev–Trinajstić information content (AvgIpc) is 2.95. The number of likely N-dealkylation sites (tertiary alicyclic amines) is 1. The van der Waals surface area contributed by atoms with E-state index in [9.17, 15) is 9.59 Å². The Morgan fingerprint density at radius 3 is 2.48 bits per heavy atom. The predicted molar refractivity (Wildman–Crippen MR) is 91.0 cm³/mol. The number of aromatic amines is 1. The molecule has 0 saturated carbocycles. The molecule has 0 bridgehead atoms. The Kier molecular flexibility index (Phi) is 4.07. The van der Waals surface area contributed by atoms with Crippen LogP contribution < -0.4 is 5.43 Å². The summed E-state index contributed by atoms with van der Waals surface area (Å²) in [6.45, 7) is 7.38. The molecule has 1 aromatic heterocycles. The van der Waals surface area contributed by atoms with Crippen LogP contribution in [0.2, 0.25) is 0 Å². The second-order valence-corrected chi connectivity index (χ2v) is 6.55. The monoisotopic (exact) mass is 310 g/mol. The summed E-state index contributed by atoms with van der Waals surface area (Å²) in [5.74, 6) is 0.181. The third-order valence-corrected chi connectivity index (χ3v) is 4.48. The lowest BCUT2D eigenvalue weighted by molar-refractivity contribution is 0.0789. The molecule has 1 saturated heterocycles. The number of nitrogens with one attached hydrogen (secondary N) is 1. The van der Waals surface area contributed by atoms with Crippen LogP contribution in [-0.4, -0.2) is 28.9 Å². The highest BCUT2D eigenvalue weighted by molar-refractivity contribution is 5.94. The minimum Gasteiger partial charge on any atom is -0.364 e. The van der Waals surface area contributed by atoms with Crippen molar-refractivity contribution >= 4 is 5.91 Å². The van der Waals surface area contributed by atoms with Crippen LogP contribution in [0.4, 0.5) is 0 Å². The molecule has 4 heteroatoms. The first-order valence-corrected chi connectivity index (χ1v) is 8.01. The maximum absolute atomic E-state index is 12.6. The Morgan fingerprint density at radius 2 is 1.83 bits per heavy atom. The first-order chi connectivity index (χ1) is 10.9. The Morgan fingerprint density at radius 1 is 1.13 bits per heavy atom. The maximum atomic E-state index is 12.6. The number of nitrogens with zero attached hydrogens (tertiary/aromatic N) is 1. The molecule has 1 aliphatic heterocycles. The van der Waals surface area contributed by atoms with E-state index in [1.165, 1.54) is 29.0 Å². The Labute approximate surface area is 136 Å². The lowest BCUT2D eigenvalue weighted by atomic mass is 9.95. The fourth-order valence-corrected chi connectivity index (χ4v) is 3.37. The fraction of sp³-hybridized carbons (Fsp3) is 0.368. The number of H-pyrrole nitrogens is 1. The van der Waals surface area contributed by atoms with Gasteiger partial charge >= 0.3 is 0 Å². The fourth-order valence-electron chi connectivity index (χ4n) is 3.37. The summed E-state index contributed by atoms with van der Waals surface area (Å²) in [6.07, 6.45) is 2.47. The van der Waals surface area contributed by atoms with Crippen molar-refractivity contribution in [2.24, 2.45) is 0 Å². The van der Waals surface area contributed by atoms with Crippen LogP contribution in [0.3, 0.4) is 0 Å². The Hall–Kier alpha value is -2.36. The van der Waals surface area contributed by atoms with E-state index in [2.05, 4.69) is 37.0 Å². The SMILES string of the molecule is Cc1cc(C)cc(C2CCN(C(=O)c3c[nH]c(C)cc3=O)C2)c1. The summed E-state index contributed by atoms with van der Waals surface area (Å²) in [7, 11) is 0. The summed E-state index contributed by atoms with van der Waals surface area (Å²) in [6, 6.07) is 8.03. The van der Waals surface area contributed by atoms with Crippen LogP contribution in [0.15, 0.2) is 35.3 Å². The Bertz CT molecular complexity index is 787. The van der Waals surface area contributed by atoms with E-state index in [1.54, 1.807) is 4.90 Å². The molecule has 3 rings (SSSR count). The van der Waals surface area contributed by atoms with Crippen LogP contribution in [0.25, 0.3) is 0 Å². The highest BCUT2D eigenvalue weighted by Gasteiger charge is 2.29. The van der Waals surface area contributed by atoms with Crippen LogP contribution in [0.1, 0.15) is 45.1 Å². The van der Waals surface area contributed by atoms with Crippen molar-refractivity contribution in [1.29, 1.82) is 0 Å². The number of rotatable bonds is 2. The van der Waals surface area contributed by atoms with E-state index in [-0.39, 0.29) is 16.9 Å². The van der Waals surface area contributed by atoms with Crippen LogP contribution in [-0.2, 0) is 0 Å². The molecule has 1 unspecified atom stereocenters. The molecule has 1 atom stereocenters. The first-order valence-electron chi connectivity index (χ1n) is 8.01. The molecule has 1 fully saturated rings. The third kappa shape index (κ3) is 3.21. The molecule has 0 radical (unpaired) electrons. The molecule has 1 aromatic carbocycles. The van der Waals surface area contributed by atoms with Gasteiger partial charge in [-0.3, -0.25) is 9.59 Å². The van der Waals surface area contributed by atoms with Crippen molar-refractivity contribution in [2.45, 2.75) is 33.1 Å². The van der Waals surface area contributed by atoms with E-state index >= 15 is 0 Å². The van der Waals surface area contributed by atoms with Gasteiger partial charge in [0.2, 0.25) is 0 Å². The summed E-state index contributed by atoms with van der Waals surface area (Å²) in [5, 5.41) is 0. The molecule has 2 aromatic rings. The summed E-state index contributed by atoms with van der Waals surface area (Å²) in [4.78, 5) is 29.4. The number of pyridine rings is 1. The summed E-state index contributed by atoms with van der Waals surface area (Å²) in [5.41, 5.74) is 4.58. The van der Waals surface area contributed by atoms with Crippen LogP contribution in [0, 0.1) is 20.8 Å². The molecule has 1 N–H and O–H groups in total. The molecule has 0 aliphatic carbocycles. The van der Waals surface area contributed by atoms with Crippen molar-refractivity contribution in [3.8, 4) is 0 Å². The lowest BCUT2D eigenvalue weighted by Gasteiger charge is -2.17. The molecule has 0 spiro atoms. The van der Waals surface area contributed by atoms with Gasteiger partial charge in [0, 0.05) is 37.0 Å². The predicted octanol–water partition coefficient (Wildman–Crippen LogP) is 2.93. The van der Waals surface area contributed by atoms with Crippen molar-refractivity contribution in [1.82, 2.24) is 9.88 Å². The molecular weight excluding hydrogens is 288 g/mol. The van der Waals surface area contributed by atoms with Gasteiger partial charge in [-0.25, -0.2) is 0 Å². The number of aryl methyl sites for hydroxylation is 3. The van der Waals surface area contributed by atoms with Crippen molar-refractivity contribution in [2.75, 3.05) is 13.1 Å². The van der Waals surface area contributed by atoms with E-state index in [1.807, 2.05) is 6.92 Å². The number of hydrogen-bond donors (Lipinski definition) is 1. The smallest absolute Gasteiger partial charge is 0.259 e. The van der Waals surface area contributed by atoms with Crippen molar-refractivity contribution in [3.63, 3.8) is 0 Å². The number of benzene rings is 1. The van der Waals surface area contributed by atoms with Gasteiger partial charge in [0.1, 0.15) is 5.56 Å². The van der Waals surface area contributed by atoms with Gasteiger partial charge in [-0.15, -0.1) is 0 Å². The highest BCUT2D eigenvalue weighted by atomic mass is 16.2. The van der Waals surface area contributed by atoms with Gasteiger partial charge in [0.05, 0.1) is 0 Å². The second-order valence-electron chi connectivity index (χ2n) is 6.55. The lowest BCUT2D eigenvalue weighted by Crippen LogP contribution is -2.32. The molecule has 1 amide bonds. The normalized spacial score (nSPS) is 17.5. The molecule has 2 heterocycles. The van der Waals surface area contributed by atoms with E-state index in [0.717, 1.165) is 12.1 Å². The van der Waals surface area contributed by atoms with Crippen LogP contribution in [0.5, 0.6) is 0 Å². The van der Waals surface area contributed by atoms with Gasteiger partial charge in [-0.2, -0.15) is 0 Å².